The molecule has 2 aliphatic rings. The van der Waals surface area contributed by atoms with Gasteiger partial charge in [-0.15, -0.1) is 0 Å². The van der Waals surface area contributed by atoms with Gasteiger partial charge in [0.25, 0.3) is 0 Å². The number of carbonyl (C=O) groups is 2. The van der Waals surface area contributed by atoms with Crippen molar-refractivity contribution in [2.75, 3.05) is 29.9 Å². The summed E-state index contributed by atoms with van der Waals surface area (Å²) in [5, 5.41) is 3.43. The number of anilines is 2. The van der Waals surface area contributed by atoms with Gasteiger partial charge in [-0.2, -0.15) is 0 Å². The molecule has 0 radical (unpaired) electrons. The van der Waals surface area contributed by atoms with E-state index in [1.54, 1.807) is 17.0 Å². The summed E-state index contributed by atoms with van der Waals surface area (Å²) in [6, 6.07) is 14.8. The van der Waals surface area contributed by atoms with Crippen LogP contribution >= 0.6 is 11.6 Å². The fraction of sp³-hybridized carbons (Fsp3) is 0.364. The second-order valence-electron chi connectivity index (χ2n) is 7.52. The monoisotopic (exact) mass is 413 g/mol. The van der Waals surface area contributed by atoms with Crippen LogP contribution in [0.3, 0.4) is 0 Å². The number of hydrogen-bond donors (Lipinski definition) is 1. The zero-order valence-electron chi connectivity index (χ0n) is 16.3. The van der Waals surface area contributed by atoms with Crippen LogP contribution < -0.4 is 15.0 Å². The first-order valence-corrected chi connectivity index (χ1v) is 10.3. The van der Waals surface area contributed by atoms with Gasteiger partial charge in [0.05, 0.1) is 22.9 Å². The molecule has 1 N–H and O–H groups in total. The molecule has 2 aromatic rings. The number of hydrogen-bond acceptors (Lipinski definition) is 3. The van der Waals surface area contributed by atoms with E-state index in [1.807, 2.05) is 48.2 Å². The molecule has 152 valence electrons. The number of rotatable bonds is 2. The molecule has 0 spiro atoms. The fourth-order valence-corrected chi connectivity index (χ4v) is 4.05. The van der Waals surface area contributed by atoms with Gasteiger partial charge in [-0.1, -0.05) is 35.9 Å². The first-order chi connectivity index (χ1) is 14.0. The Balaban J connectivity index is 1.38. The predicted octanol–water partition coefficient (Wildman–Crippen LogP) is 4.40. The first kappa shape index (κ1) is 19.6. The first-order valence-electron chi connectivity index (χ1n) is 9.90. The second kappa shape index (κ2) is 8.33. The van der Waals surface area contributed by atoms with Crippen LogP contribution in [0.5, 0.6) is 5.75 Å². The Morgan fingerprint density at radius 1 is 1.07 bits per heavy atom. The van der Waals surface area contributed by atoms with E-state index in [9.17, 15) is 9.59 Å². The largest absolute Gasteiger partial charge is 0.487 e. The summed E-state index contributed by atoms with van der Waals surface area (Å²) in [6.07, 6.45) is 1.19. The molecule has 0 unspecified atom stereocenters. The van der Waals surface area contributed by atoms with Crippen LogP contribution in [0.15, 0.2) is 48.5 Å². The molecule has 4 rings (SSSR count). The van der Waals surface area contributed by atoms with Crippen molar-refractivity contribution in [2.24, 2.45) is 5.92 Å². The quantitative estimate of drug-likeness (QED) is 0.793. The van der Waals surface area contributed by atoms with Gasteiger partial charge in [0.1, 0.15) is 11.9 Å². The zero-order chi connectivity index (χ0) is 20.4. The van der Waals surface area contributed by atoms with Crippen molar-refractivity contribution in [2.45, 2.75) is 25.9 Å². The Bertz CT molecular complexity index is 912. The molecule has 1 atom stereocenters. The molecule has 2 aromatic carbocycles. The highest BCUT2D eigenvalue weighted by Crippen LogP contribution is 2.34. The zero-order valence-corrected chi connectivity index (χ0v) is 17.1. The Morgan fingerprint density at radius 2 is 1.76 bits per heavy atom. The third-order valence-electron chi connectivity index (χ3n) is 5.42. The summed E-state index contributed by atoms with van der Waals surface area (Å²) < 4.78 is 5.84. The van der Waals surface area contributed by atoms with Gasteiger partial charge in [0.15, 0.2) is 0 Å². The number of para-hydroxylation sites is 3. The molecule has 7 heteroatoms. The maximum Gasteiger partial charge on any atom is 0.324 e. The molecule has 0 aromatic heterocycles. The van der Waals surface area contributed by atoms with Crippen LogP contribution in [0, 0.1) is 5.92 Å². The maximum absolute atomic E-state index is 13.2. The number of ether oxygens (including phenoxy) is 1. The smallest absolute Gasteiger partial charge is 0.324 e. The van der Waals surface area contributed by atoms with Crippen molar-refractivity contribution < 1.29 is 14.3 Å². The number of urea groups is 1. The van der Waals surface area contributed by atoms with Crippen molar-refractivity contribution >= 4 is 34.9 Å². The van der Waals surface area contributed by atoms with Crippen LogP contribution in [0.25, 0.3) is 0 Å². The van der Waals surface area contributed by atoms with Crippen LogP contribution in [0.2, 0.25) is 5.02 Å². The Labute approximate surface area is 175 Å². The molecule has 3 amide bonds. The highest BCUT2D eigenvalue weighted by Gasteiger charge is 2.33. The van der Waals surface area contributed by atoms with E-state index in [2.05, 4.69) is 5.32 Å². The lowest BCUT2D eigenvalue weighted by atomic mass is 9.96. The SMILES string of the molecule is C[C@H]1CN(C(=O)N2CCC(C(=O)Nc3ccccc3Cl)CC2)c2ccccc2O1. The number of fused-ring (bicyclic) bond motifs is 1. The normalized spacial score (nSPS) is 19.3. The molecule has 2 heterocycles. The van der Waals surface area contributed by atoms with Crippen molar-refractivity contribution in [1.29, 1.82) is 0 Å². The molecule has 0 aliphatic carbocycles. The number of amides is 3. The number of likely N-dealkylation sites (tertiary alicyclic amines) is 1. The molecule has 1 saturated heterocycles. The summed E-state index contributed by atoms with van der Waals surface area (Å²) >= 11 is 6.13. The van der Waals surface area contributed by atoms with Gasteiger partial charge < -0.3 is 15.0 Å². The van der Waals surface area contributed by atoms with Crippen LogP contribution in [0.4, 0.5) is 16.2 Å². The minimum atomic E-state index is -0.133. The topological polar surface area (TPSA) is 61.9 Å². The summed E-state index contributed by atoms with van der Waals surface area (Å²) in [5.74, 6) is 0.551. The van der Waals surface area contributed by atoms with Gasteiger partial charge in [-0.3, -0.25) is 9.69 Å². The van der Waals surface area contributed by atoms with E-state index in [0.29, 0.717) is 43.2 Å². The Morgan fingerprint density at radius 3 is 2.52 bits per heavy atom. The van der Waals surface area contributed by atoms with E-state index in [0.717, 1.165) is 11.4 Å². The van der Waals surface area contributed by atoms with Gasteiger partial charge in [0, 0.05) is 19.0 Å². The summed E-state index contributed by atoms with van der Waals surface area (Å²) in [6.45, 7) is 3.57. The number of nitrogens with one attached hydrogen (secondary N) is 1. The third-order valence-corrected chi connectivity index (χ3v) is 5.75. The van der Waals surface area contributed by atoms with Crippen molar-refractivity contribution in [3.63, 3.8) is 0 Å². The lowest BCUT2D eigenvalue weighted by Crippen LogP contribution is -2.51. The average Bonchev–Trinajstić information content (AvgIpc) is 2.74. The number of piperidine rings is 1. The van der Waals surface area contributed by atoms with E-state index < -0.39 is 0 Å². The molecule has 0 saturated carbocycles. The number of halogens is 1. The minimum absolute atomic E-state index is 0.0300. The molecule has 6 nitrogen and oxygen atoms in total. The highest BCUT2D eigenvalue weighted by atomic mass is 35.5. The van der Waals surface area contributed by atoms with Gasteiger partial charge >= 0.3 is 6.03 Å². The van der Waals surface area contributed by atoms with E-state index in [1.165, 1.54) is 0 Å². The van der Waals surface area contributed by atoms with Gasteiger partial charge in [0.2, 0.25) is 5.91 Å². The molecule has 1 fully saturated rings. The van der Waals surface area contributed by atoms with Crippen LogP contribution in [-0.4, -0.2) is 42.6 Å². The average molecular weight is 414 g/mol. The van der Waals surface area contributed by atoms with Crippen LogP contribution in [-0.2, 0) is 4.79 Å². The lowest BCUT2D eigenvalue weighted by Gasteiger charge is -2.39. The summed E-state index contributed by atoms with van der Waals surface area (Å²) in [5.41, 5.74) is 1.42. The standard InChI is InChI=1S/C22H24ClN3O3/c1-15-14-26(19-8-4-5-9-20(19)29-15)22(28)25-12-10-16(11-13-25)21(27)24-18-7-3-2-6-17(18)23/h2-9,15-16H,10-14H2,1H3,(H,24,27)/t15-/m0/s1. The number of nitrogens with zero attached hydrogens (tertiary/aromatic N) is 2. The Kier molecular flexibility index (Phi) is 5.62. The predicted molar refractivity (Wildman–Crippen MR) is 114 cm³/mol. The minimum Gasteiger partial charge on any atom is -0.487 e. The maximum atomic E-state index is 13.2. The summed E-state index contributed by atoms with van der Waals surface area (Å²) in [4.78, 5) is 29.4. The number of benzene rings is 2. The van der Waals surface area contributed by atoms with Gasteiger partial charge in [-0.05, 0) is 44.0 Å². The lowest BCUT2D eigenvalue weighted by molar-refractivity contribution is -0.121. The molecular formula is C22H24ClN3O3. The van der Waals surface area contributed by atoms with E-state index in [-0.39, 0.29) is 24.0 Å². The van der Waals surface area contributed by atoms with Crippen molar-refractivity contribution in [3.05, 3.63) is 53.6 Å². The molecular weight excluding hydrogens is 390 g/mol. The Hall–Kier alpha value is -2.73. The molecule has 0 bridgehead atoms. The van der Waals surface area contributed by atoms with Crippen molar-refractivity contribution in [1.82, 2.24) is 4.90 Å². The van der Waals surface area contributed by atoms with Crippen LogP contribution in [0.1, 0.15) is 19.8 Å². The fourth-order valence-electron chi connectivity index (χ4n) is 3.87. The third kappa shape index (κ3) is 4.17. The van der Waals surface area contributed by atoms with Crippen molar-refractivity contribution in [3.8, 4) is 5.75 Å². The second-order valence-corrected chi connectivity index (χ2v) is 7.93. The summed E-state index contributed by atoms with van der Waals surface area (Å²) in [7, 11) is 0. The number of carbonyl (C=O) groups excluding carboxylic acids is 2. The van der Waals surface area contributed by atoms with Gasteiger partial charge in [-0.25, -0.2) is 4.79 Å². The van der Waals surface area contributed by atoms with E-state index in [4.69, 9.17) is 16.3 Å². The van der Waals surface area contributed by atoms with E-state index >= 15 is 0 Å². The molecule has 29 heavy (non-hydrogen) atoms. The highest BCUT2D eigenvalue weighted by molar-refractivity contribution is 6.33. The molecule has 2 aliphatic heterocycles.